The summed E-state index contributed by atoms with van der Waals surface area (Å²) in [6.07, 6.45) is 1.39. The van der Waals surface area contributed by atoms with Crippen LogP contribution in [0.15, 0.2) is 54.0 Å². The number of carbonyl (C=O) groups is 1. The zero-order valence-electron chi connectivity index (χ0n) is 11.6. The minimum absolute atomic E-state index is 0.0325. The molecule has 1 aromatic carbocycles. The average Bonchev–Trinajstić information content (AvgIpc) is 2.38. The molecule has 0 fully saturated rings. The number of amides is 1. The molecule has 1 N–H and O–H groups in total. The van der Waals surface area contributed by atoms with E-state index in [2.05, 4.69) is 18.6 Å². The number of sulfonamides is 1. The van der Waals surface area contributed by atoms with Crippen molar-refractivity contribution in [1.29, 1.82) is 0 Å². The summed E-state index contributed by atoms with van der Waals surface area (Å²) in [5.74, 6) is -0.553. The second-order valence-corrected chi connectivity index (χ2v) is 6.22. The molecule has 108 valence electrons. The molecule has 0 saturated carbocycles. The minimum Gasteiger partial charge on any atom is -0.271 e. The first-order valence-corrected chi connectivity index (χ1v) is 7.40. The number of carbonyl (C=O) groups excluding carboxylic acids is 1. The summed E-state index contributed by atoms with van der Waals surface area (Å²) in [6.45, 7) is 10.3. The van der Waals surface area contributed by atoms with E-state index in [0.29, 0.717) is 0 Å². The van der Waals surface area contributed by atoms with Gasteiger partial charge in [-0.1, -0.05) is 30.4 Å². The first-order valence-electron chi connectivity index (χ1n) is 5.96. The predicted molar refractivity (Wildman–Crippen MR) is 78.2 cm³/mol. The molecule has 6 heteroatoms. The van der Waals surface area contributed by atoms with Crippen molar-refractivity contribution in [2.24, 2.45) is 0 Å². The van der Waals surface area contributed by atoms with E-state index >= 15 is 0 Å². The van der Waals surface area contributed by atoms with E-state index in [1.165, 1.54) is 25.1 Å². The highest BCUT2D eigenvalue weighted by Crippen LogP contribution is 2.15. The lowest BCUT2D eigenvalue weighted by Gasteiger charge is -2.21. The summed E-state index contributed by atoms with van der Waals surface area (Å²) >= 11 is 0. The summed E-state index contributed by atoms with van der Waals surface area (Å²) in [5.41, 5.74) is 3.48. The molecular weight excluding hydrogens is 276 g/mol. The number of hydrogen-bond acceptors (Lipinski definition) is 3. The maximum atomic E-state index is 12.4. The van der Waals surface area contributed by atoms with Gasteiger partial charge in [0, 0.05) is 5.57 Å². The van der Waals surface area contributed by atoms with E-state index in [9.17, 15) is 13.2 Å². The second-order valence-electron chi connectivity index (χ2n) is 4.36. The van der Waals surface area contributed by atoms with Crippen molar-refractivity contribution in [2.75, 3.05) is 6.54 Å². The molecule has 0 aliphatic carbocycles. The number of hydrogen-bond donors (Lipinski definition) is 1. The van der Waals surface area contributed by atoms with Gasteiger partial charge in [-0.15, -0.1) is 11.0 Å². The SMILES string of the molecule is C=CCN(NC(=O)C(=C)C)S(=O)(=O)c1ccc(C)cc1. The Balaban J connectivity index is 3.11. The zero-order valence-corrected chi connectivity index (χ0v) is 12.4. The largest absolute Gasteiger partial charge is 0.271 e. The molecule has 0 aromatic heterocycles. The quantitative estimate of drug-likeness (QED) is 0.494. The Bertz CT molecular complexity index is 618. The van der Waals surface area contributed by atoms with Gasteiger partial charge in [-0.05, 0) is 26.0 Å². The van der Waals surface area contributed by atoms with Gasteiger partial charge in [-0.2, -0.15) is 0 Å². The van der Waals surface area contributed by atoms with Crippen LogP contribution < -0.4 is 5.43 Å². The predicted octanol–water partition coefficient (Wildman–Crippen LogP) is 1.78. The Hall–Kier alpha value is -1.92. The van der Waals surface area contributed by atoms with Crippen LogP contribution in [0.4, 0.5) is 0 Å². The molecule has 1 rings (SSSR count). The highest BCUT2D eigenvalue weighted by Gasteiger charge is 2.25. The van der Waals surface area contributed by atoms with Gasteiger partial charge in [0.25, 0.3) is 15.9 Å². The third-order valence-corrected chi connectivity index (χ3v) is 4.21. The van der Waals surface area contributed by atoms with Crippen LogP contribution in [0.1, 0.15) is 12.5 Å². The third kappa shape index (κ3) is 3.79. The van der Waals surface area contributed by atoms with Crippen LogP contribution in [-0.2, 0) is 14.8 Å². The van der Waals surface area contributed by atoms with Gasteiger partial charge in [-0.25, -0.2) is 8.42 Å². The Morgan fingerprint density at radius 1 is 1.35 bits per heavy atom. The topological polar surface area (TPSA) is 66.5 Å². The standard InChI is InChI=1S/C14H18N2O3S/c1-5-10-16(15-14(17)11(2)3)20(18,19)13-8-6-12(4)7-9-13/h5-9H,1-2,10H2,3-4H3,(H,15,17). The van der Waals surface area contributed by atoms with Crippen molar-refractivity contribution in [1.82, 2.24) is 9.84 Å². The fourth-order valence-electron chi connectivity index (χ4n) is 1.37. The van der Waals surface area contributed by atoms with Gasteiger partial charge >= 0.3 is 0 Å². The monoisotopic (exact) mass is 294 g/mol. The Labute approximate surface area is 119 Å². The molecule has 20 heavy (non-hydrogen) atoms. The lowest BCUT2D eigenvalue weighted by Crippen LogP contribution is -2.46. The van der Waals surface area contributed by atoms with Gasteiger partial charge in [0.15, 0.2) is 0 Å². The van der Waals surface area contributed by atoms with Gasteiger partial charge in [-0.3, -0.25) is 10.2 Å². The molecule has 0 aliphatic heterocycles. The Kier molecular flexibility index (Phi) is 5.24. The second kappa shape index (κ2) is 6.49. The normalized spacial score (nSPS) is 11.2. The van der Waals surface area contributed by atoms with Gasteiger partial charge < -0.3 is 0 Å². The number of benzene rings is 1. The fourth-order valence-corrected chi connectivity index (χ4v) is 2.61. The summed E-state index contributed by atoms with van der Waals surface area (Å²) < 4.78 is 25.7. The molecule has 0 radical (unpaired) electrons. The van der Waals surface area contributed by atoms with Crippen LogP contribution in [-0.4, -0.2) is 25.3 Å². The molecular formula is C14H18N2O3S. The molecule has 1 amide bonds. The van der Waals surface area contributed by atoms with Crippen molar-refractivity contribution in [3.8, 4) is 0 Å². The molecule has 5 nitrogen and oxygen atoms in total. The summed E-state index contributed by atoms with van der Waals surface area (Å²) in [6, 6.07) is 6.38. The number of nitrogens with one attached hydrogen (secondary N) is 1. The lowest BCUT2D eigenvalue weighted by molar-refractivity contribution is -0.120. The maximum Gasteiger partial charge on any atom is 0.261 e. The highest BCUT2D eigenvalue weighted by molar-refractivity contribution is 7.89. The fraction of sp³-hybridized carbons (Fsp3) is 0.214. The smallest absolute Gasteiger partial charge is 0.261 e. The minimum atomic E-state index is -3.82. The molecule has 1 aromatic rings. The summed E-state index contributed by atoms with van der Waals surface area (Å²) in [5, 5.41) is 0. The van der Waals surface area contributed by atoms with Crippen LogP contribution in [0, 0.1) is 6.92 Å². The van der Waals surface area contributed by atoms with Crippen LogP contribution in [0.5, 0.6) is 0 Å². The van der Waals surface area contributed by atoms with Crippen LogP contribution in [0.2, 0.25) is 0 Å². The molecule has 0 spiro atoms. The number of aryl methyl sites for hydroxylation is 1. The molecule has 0 unspecified atom stereocenters. The number of rotatable bonds is 6. The van der Waals surface area contributed by atoms with Crippen molar-refractivity contribution in [2.45, 2.75) is 18.7 Å². The highest BCUT2D eigenvalue weighted by atomic mass is 32.2. The number of hydrazine groups is 1. The van der Waals surface area contributed by atoms with Crippen molar-refractivity contribution in [3.05, 3.63) is 54.6 Å². The van der Waals surface area contributed by atoms with E-state index in [0.717, 1.165) is 9.98 Å². The summed E-state index contributed by atoms with van der Waals surface area (Å²) in [7, 11) is -3.82. The summed E-state index contributed by atoms with van der Waals surface area (Å²) in [4.78, 5) is 11.7. The van der Waals surface area contributed by atoms with Crippen molar-refractivity contribution < 1.29 is 13.2 Å². The Morgan fingerprint density at radius 3 is 2.35 bits per heavy atom. The molecule has 0 atom stereocenters. The molecule has 0 heterocycles. The van der Waals surface area contributed by atoms with E-state index in [4.69, 9.17) is 0 Å². The lowest BCUT2D eigenvalue weighted by atomic mass is 10.2. The van der Waals surface area contributed by atoms with Crippen LogP contribution in [0.3, 0.4) is 0 Å². The van der Waals surface area contributed by atoms with Gasteiger partial charge in [0.05, 0.1) is 11.4 Å². The van der Waals surface area contributed by atoms with Gasteiger partial charge in [0.2, 0.25) is 0 Å². The first kappa shape index (κ1) is 16.1. The van der Waals surface area contributed by atoms with E-state index in [-0.39, 0.29) is 17.0 Å². The average molecular weight is 294 g/mol. The van der Waals surface area contributed by atoms with E-state index in [1.54, 1.807) is 12.1 Å². The molecule has 0 bridgehead atoms. The Morgan fingerprint density at radius 2 is 1.90 bits per heavy atom. The zero-order chi connectivity index (χ0) is 15.3. The molecule has 0 aliphatic rings. The van der Waals surface area contributed by atoms with E-state index < -0.39 is 15.9 Å². The van der Waals surface area contributed by atoms with Crippen LogP contribution in [0.25, 0.3) is 0 Å². The van der Waals surface area contributed by atoms with E-state index in [1.807, 2.05) is 6.92 Å². The third-order valence-electron chi connectivity index (χ3n) is 2.52. The van der Waals surface area contributed by atoms with Crippen LogP contribution >= 0.6 is 0 Å². The first-order chi connectivity index (χ1) is 9.28. The van der Waals surface area contributed by atoms with Gasteiger partial charge in [0.1, 0.15) is 0 Å². The number of nitrogens with zero attached hydrogens (tertiary/aromatic N) is 1. The molecule has 0 saturated heterocycles. The van der Waals surface area contributed by atoms with Crippen molar-refractivity contribution in [3.63, 3.8) is 0 Å². The maximum absolute atomic E-state index is 12.4. The van der Waals surface area contributed by atoms with Crippen molar-refractivity contribution >= 4 is 15.9 Å².